The number of anilines is 2. The lowest BCUT2D eigenvalue weighted by Crippen LogP contribution is -2.39. The molecule has 0 saturated carbocycles. The van der Waals surface area contributed by atoms with Gasteiger partial charge in [0.1, 0.15) is 23.1 Å². The Balaban J connectivity index is 2.15. The van der Waals surface area contributed by atoms with Gasteiger partial charge >= 0.3 is 0 Å². The average Bonchev–Trinajstić information content (AvgIpc) is 2.93. The number of ether oxygens (including phenoxy) is 2. The van der Waals surface area contributed by atoms with Crippen LogP contribution in [-0.4, -0.2) is 49.5 Å². The number of aromatic nitrogens is 2. The molecule has 1 fully saturated rings. The van der Waals surface area contributed by atoms with Gasteiger partial charge in [-0.1, -0.05) is 20.8 Å². The standard InChI is InChI=1S/C15H26N4O2/c1-14(2,3)13-18-11(16-4)8-12(19-13)17-9-15(20-5)6-7-21-10-15/h8H,6-7,9-10H2,1-5H3,(H2,16,17,18,19). The molecule has 1 aromatic heterocycles. The molecule has 1 unspecified atom stereocenters. The molecule has 0 spiro atoms. The predicted molar refractivity (Wildman–Crippen MR) is 83.9 cm³/mol. The number of rotatable bonds is 5. The van der Waals surface area contributed by atoms with Gasteiger partial charge in [-0.2, -0.15) is 0 Å². The Hall–Kier alpha value is -1.40. The van der Waals surface area contributed by atoms with E-state index in [4.69, 9.17) is 9.47 Å². The van der Waals surface area contributed by atoms with E-state index in [0.717, 1.165) is 30.5 Å². The maximum Gasteiger partial charge on any atom is 0.138 e. The van der Waals surface area contributed by atoms with Gasteiger partial charge in [-0.15, -0.1) is 0 Å². The van der Waals surface area contributed by atoms with E-state index >= 15 is 0 Å². The zero-order chi connectivity index (χ0) is 15.5. The van der Waals surface area contributed by atoms with Gasteiger partial charge in [0.15, 0.2) is 0 Å². The van der Waals surface area contributed by atoms with Crippen LogP contribution in [0, 0.1) is 0 Å². The summed E-state index contributed by atoms with van der Waals surface area (Å²) in [4.78, 5) is 9.14. The van der Waals surface area contributed by atoms with Crippen molar-refractivity contribution in [2.75, 3.05) is 44.5 Å². The van der Waals surface area contributed by atoms with Crippen LogP contribution >= 0.6 is 0 Å². The topological polar surface area (TPSA) is 68.3 Å². The van der Waals surface area contributed by atoms with Crippen molar-refractivity contribution in [3.05, 3.63) is 11.9 Å². The molecule has 1 aliphatic rings. The van der Waals surface area contributed by atoms with Crippen molar-refractivity contribution >= 4 is 11.6 Å². The lowest BCUT2D eigenvalue weighted by Gasteiger charge is -2.26. The smallest absolute Gasteiger partial charge is 0.138 e. The summed E-state index contributed by atoms with van der Waals surface area (Å²) >= 11 is 0. The molecule has 2 rings (SSSR count). The molecule has 2 N–H and O–H groups in total. The van der Waals surface area contributed by atoms with Gasteiger partial charge in [-0.3, -0.25) is 0 Å². The molecule has 0 aromatic carbocycles. The van der Waals surface area contributed by atoms with Crippen LogP contribution in [0.25, 0.3) is 0 Å². The lowest BCUT2D eigenvalue weighted by atomic mass is 9.96. The molecule has 6 nitrogen and oxygen atoms in total. The molecule has 6 heteroatoms. The summed E-state index contributed by atoms with van der Waals surface area (Å²) in [5.41, 5.74) is -0.356. The first-order valence-corrected chi connectivity index (χ1v) is 7.33. The Labute approximate surface area is 126 Å². The summed E-state index contributed by atoms with van der Waals surface area (Å²) in [5, 5.41) is 6.45. The van der Waals surface area contributed by atoms with Crippen molar-refractivity contribution in [2.45, 2.75) is 38.2 Å². The van der Waals surface area contributed by atoms with Gasteiger partial charge in [-0.25, -0.2) is 9.97 Å². The van der Waals surface area contributed by atoms with Crippen molar-refractivity contribution in [1.82, 2.24) is 9.97 Å². The van der Waals surface area contributed by atoms with Crippen molar-refractivity contribution in [2.24, 2.45) is 0 Å². The van der Waals surface area contributed by atoms with Crippen molar-refractivity contribution in [3.63, 3.8) is 0 Å². The van der Waals surface area contributed by atoms with Crippen LogP contribution in [0.4, 0.5) is 11.6 Å². The van der Waals surface area contributed by atoms with Crippen LogP contribution in [0.3, 0.4) is 0 Å². The molecule has 0 radical (unpaired) electrons. The molecule has 1 atom stereocenters. The van der Waals surface area contributed by atoms with E-state index in [9.17, 15) is 0 Å². The zero-order valence-electron chi connectivity index (χ0n) is 13.6. The highest BCUT2D eigenvalue weighted by Crippen LogP contribution is 2.25. The van der Waals surface area contributed by atoms with Gasteiger partial charge in [-0.05, 0) is 0 Å². The highest BCUT2D eigenvalue weighted by molar-refractivity contribution is 5.48. The minimum atomic E-state index is -0.257. The van der Waals surface area contributed by atoms with E-state index in [1.54, 1.807) is 7.11 Å². The average molecular weight is 294 g/mol. The molecule has 2 heterocycles. The Morgan fingerprint density at radius 1 is 1.33 bits per heavy atom. The van der Waals surface area contributed by atoms with Gasteiger partial charge < -0.3 is 20.1 Å². The van der Waals surface area contributed by atoms with E-state index in [-0.39, 0.29) is 11.0 Å². The highest BCUT2D eigenvalue weighted by atomic mass is 16.5. The van der Waals surface area contributed by atoms with Gasteiger partial charge in [0.05, 0.1) is 6.61 Å². The third kappa shape index (κ3) is 3.83. The summed E-state index contributed by atoms with van der Waals surface area (Å²) in [5.74, 6) is 2.43. The van der Waals surface area contributed by atoms with Gasteiger partial charge in [0, 0.05) is 45.2 Å². The number of nitrogens with zero attached hydrogens (tertiary/aromatic N) is 2. The predicted octanol–water partition coefficient (Wildman–Crippen LogP) is 2.03. The van der Waals surface area contributed by atoms with Crippen LogP contribution in [0.15, 0.2) is 6.07 Å². The Bertz CT molecular complexity index is 479. The van der Waals surface area contributed by atoms with Crippen LogP contribution in [0.1, 0.15) is 33.0 Å². The van der Waals surface area contributed by atoms with E-state index < -0.39 is 0 Å². The summed E-state index contributed by atoms with van der Waals surface area (Å²) in [7, 11) is 3.59. The quantitative estimate of drug-likeness (QED) is 0.866. The molecule has 21 heavy (non-hydrogen) atoms. The Morgan fingerprint density at radius 2 is 2.05 bits per heavy atom. The second kappa shape index (κ2) is 6.15. The second-order valence-corrected chi connectivity index (χ2v) is 6.51. The van der Waals surface area contributed by atoms with E-state index in [0.29, 0.717) is 13.2 Å². The molecule has 1 aliphatic heterocycles. The fourth-order valence-electron chi connectivity index (χ4n) is 2.21. The largest absolute Gasteiger partial charge is 0.378 e. The third-order valence-electron chi connectivity index (χ3n) is 3.74. The minimum absolute atomic E-state index is 0.0985. The minimum Gasteiger partial charge on any atom is -0.378 e. The second-order valence-electron chi connectivity index (χ2n) is 6.51. The summed E-state index contributed by atoms with van der Waals surface area (Å²) in [6.45, 7) is 8.35. The monoisotopic (exact) mass is 294 g/mol. The number of methoxy groups -OCH3 is 1. The first-order chi connectivity index (χ1) is 9.88. The van der Waals surface area contributed by atoms with Crippen LogP contribution in [0.5, 0.6) is 0 Å². The SMILES string of the molecule is CNc1cc(NCC2(OC)CCOC2)nc(C(C)(C)C)n1. The van der Waals surface area contributed by atoms with Crippen molar-refractivity contribution in [3.8, 4) is 0 Å². The molecular formula is C15H26N4O2. The van der Waals surface area contributed by atoms with Crippen LogP contribution in [0.2, 0.25) is 0 Å². The van der Waals surface area contributed by atoms with Gasteiger partial charge in [0.25, 0.3) is 0 Å². The lowest BCUT2D eigenvalue weighted by molar-refractivity contribution is -0.00625. The first-order valence-electron chi connectivity index (χ1n) is 7.33. The molecule has 0 amide bonds. The number of hydrogen-bond donors (Lipinski definition) is 2. The van der Waals surface area contributed by atoms with E-state index in [2.05, 4.69) is 41.4 Å². The molecule has 1 saturated heterocycles. The maximum atomic E-state index is 5.63. The van der Waals surface area contributed by atoms with Gasteiger partial charge in [0.2, 0.25) is 0 Å². The molecular weight excluding hydrogens is 268 g/mol. The first kappa shape index (κ1) is 16.0. The molecule has 1 aromatic rings. The van der Waals surface area contributed by atoms with E-state index in [1.165, 1.54) is 0 Å². The third-order valence-corrected chi connectivity index (χ3v) is 3.74. The number of nitrogens with one attached hydrogen (secondary N) is 2. The Morgan fingerprint density at radius 3 is 2.57 bits per heavy atom. The van der Waals surface area contributed by atoms with Crippen LogP contribution in [-0.2, 0) is 14.9 Å². The normalized spacial score (nSPS) is 22.3. The Kier molecular flexibility index (Phi) is 4.68. The van der Waals surface area contributed by atoms with Crippen LogP contribution < -0.4 is 10.6 Å². The molecule has 0 bridgehead atoms. The summed E-state index contributed by atoms with van der Waals surface area (Å²) < 4.78 is 11.1. The zero-order valence-corrected chi connectivity index (χ0v) is 13.6. The maximum absolute atomic E-state index is 5.63. The van der Waals surface area contributed by atoms with Crippen molar-refractivity contribution in [1.29, 1.82) is 0 Å². The highest BCUT2D eigenvalue weighted by Gasteiger charge is 2.35. The summed E-state index contributed by atoms with van der Waals surface area (Å²) in [6.07, 6.45) is 0.895. The fraction of sp³-hybridized carbons (Fsp3) is 0.733. The fourth-order valence-corrected chi connectivity index (χ4v) is 2.21. The summed E-state index contributed by atoms with van der Waals surface area (Å²) in [6, 6.07) is 1.91. The van der Waals surface area contributed by atoms with Crippen molar-refractivity contribution < 1.29 is 9.47 Å². The molecule has 118 valence electrons. The molecule has 0 aliphatic carbocycles. The van der Waals surface area contributed by atoms with E-state index in [1.807, 2.05) is 13.1 Å². The number of hydrogen-bond acceptors (Lipinski definition) is 6.